The van der Waals surface area contributed by atoms with Crippen LogP contribution in [-0.4, -0.2) is 18.3 Å². The first kappa shape index (κ1) is 14.7. The molecule has 0 aliphatic carbocycles. The Balaban J connectivity index is 2.28. The van der Waals surface area contributed by atoms with Crippen LogP contribution < -0.4 is 5.73 Å². The zero-order valence-electron chi connectivity index (χ0n) is 11.4. The Morgan fingerprint density at radius 1 is 0.950 bits per heavy atom. The fraction of sp³-hybridized carbons (Fsp3) is 0.294. The zero-order valence-corrected chi connectivity index (χ0v) is 11.4. The lowest BCUT2D eigenvalue weighted by Gasteiger charge is -2.28. The van der Waals surface area contributed by atoms with Gasteiger partial charge in [0.1, 0.15) is 5.60 Å². The highest BCUT2D eigenvalue weighted by Crippen LogP contribution is 2.28. The van der Waals surface area contributed by atoms with Crippen LogP contribution in [0.15, 0.2) is 54.6 Å². The van der Waals surface area contributed by atoms with Gasteiger partial charge in [-0.25, -0.2) is 0 Å². The summed E-state index contributed by atoms with van der Waals surface area (Å²) in [6, 6.07) is 17.0. The quantitative estimate of drug-likeness (QED) is 0.850. The van der Waals surface area contributed by atoms with Crippen molar-refractivity contribution < 1.29 is 9.50 Å². The van der Waals surface area contributed by atoms with E-state index in [1.807, 2.05) is 54.6 Å². The predicted octanol–water partition coefficient (Wildman–Crippen LogP) is 2.78. The standard InChI is InChI=1S/C17H20FNO/c18-12-4-5-14-8-10-16(11-9-14)17(20,13-19)15-6-2-1-3-7-15/h1-3,6-11,20H,4-5,12-13,19H2. The van der Waals surface area contributed by atoms with Crippen molar-refractivity contribution in [3.8, 4) is 0 Å². The molecular formula is C17H20FNO. The maximum Gasteiger partial charge on any atom is 0.127 e. The van der Waals surface area contributed by atoms with E-state index in [1.165, 1.54) is 0 Å². The number of nitrogens with two attached hydrogens (primary N) is 1. The lowest BCUT2D eigenvalue weighted by Crippen LogP contribution is -2.36. The Hall–Kier alpha value is -1.71. The number of hydrogen-bond acceptors (Lipinski definition) is 2. The molecule has 0 saturated heterocycles. The number of alkyl halides is 1. The first-order chi connectivity index (χ1) is 9.70. The molecule has 0 spiro atoms. The maximum absolute atomic E-state index is 12.2. The molecule has 3 N–H and O–H groups in total. The summed E-state index contributed by atoms with van der Waals surface area (Å²) in [6.45, 7) is -0.195. The van der Waals surface area contributed by atoms with E-state index in [1.54, 1.807) is 0 Å². The summed E-state index contributed by atoms with van der Waals surface area (Å²) in [6.07, 6.45) is 1.24. The molecule has 1 atom stereocenters. The summed E-state index contributed by atoms with van der Waals surface area (Å²) in [4.78, 5) is 0. The SMILES string of the molecule is NCC(O)(c1ccccc1)c1ccc(CCCF)cc1. The molecule has 20 heavy (non-hydrogen) atoms. The lowest BCUT2D eigenvalue weighted by atomic mass is 9.86. The van der Waals surface area contributed by atoms with E-state index >= 15 is 0 Å². The first-order valence-corrected chi connectivity index (χ1v) is 6.84. The molecule has 0 aromatic heterocycles. The van der Waals surface area contributed by atoms with Crippen LogP contribution in [0.25, 0.3) is 0 Å². The zero-order chi connectivity index (χ0) is 14.4. The van der Waals surface area contributed by atoms with Gasteiger partial charge in [0.2, 0.25) is 0 Å². The van der Waals surface area contributed by atoms with Gasteiger partial charge in [-0.3, -0.25) is 4.39 Å². The average molecular weight is 273 g/mol. The van der Waals surface area contributed by atoms with Gasteiger partial charge in [-0.05, 0) is 29.5 Å². The summed E-state index contributed by atoms with van der Waals surface area (Å²) in [7, 11) is 0. The van der Waals surface area contributed by atoms with Crippen molar-refractivity contribution in [3.05, 3.63) is 71.3 Å². The van der Waals surface area contributed by atoms with Gasteiger partial charge in [0.25, 0.3) is 0 Å². The molecule has 0 heterocycles. The third-order valence-electron chi connectivity index (χ3n) is 3.58. The Labute approximate surface area is 119 Å². The van der Waals surface area contributed by atoms with E-state index in [0.717, 1.165) is 16.7 Å². The van der Waals surface area contributed by atoms with Crippen molar-refractivity contribution in [1.29, 1.82) is 0 Å². The molecule has 0 aliphatic rings. The van der Waals surface area contributed by atoms with Gasteiger partial charge in [-0.1, -0.05) is 54.6 Å². The van der Waals surface area contributed by atoms with E-state index in [-0.39, 0.29) is 13.2 Å². The maximum atomic E-state index is 12.2. The minimum atomic E-state index is -1.18. The van der Waals surface area contributed by atoms with Crippen LogP contribution >= 0.6 is 0 Å². The monoisotopic (exact) mass is 273 g/mol. The number of rotatable bonds is 6. The van der Waals surface area contributed by atoms with E-state index in [0.29, 0.717) is 12.8 Å². The number of aryl methyl sites for hydroxylation is 1. The molecule has 0 fully saturated rings. The van der Waals surface area contributed by atoms with Crippen LogP contribution in [0.4, 0.5) is 4.39 Å². The van der Waals surface area contributed by atoms with Crippen molar-refractivity contribution in [2.75, 3.05) is 13.2 Å². The summed E-state index contributed by atoms with van der Waals surface area (Å²) in [5.41, 5.74) is 7.21. The van der Waals surface area contributed by atoms with E-state index in [9.17, 15) is 9.50 Å². The molecule has 0 saturated carbocycles. The van der Waals surface area contributed by atoms with Gasteiger partial charge in [-0.15, -0.1) is 0 Å². The molecule has 0 radical (unpaired) electrons. The summed E-state index contributed by atoms with van der Waals surface area (Å²) < 4.78 is 12.2. The van der Waals surface area contributed by atoms with Crippen molar-refractivity contribution >= 4 is 0 Å². The van der Waals surface area contributed by atoms with Gasteiger partial charge in [0.05, 0.1) is 6.67 Å². The van der Waals surface area contributed by atoms with E-state index < -0.39 is 5.60 Å². The highest BCUT2D eigenvalue weighted by Gasteiger charge is 2.29. The normalized spacial score (nSPS) is 13.9. The summed E-state index contributed by atoms with van der Waals surface area (Å²) in [5.74, 6) is 0. The van der Waals surface area contributed by atoms with Gasteiger partial charge in [-0.2, -0.15) is 0 Å². The summed E-state index contributed by atoms with van der Waals surface area (Å²) in [5, 5.41) is 10.8. The van der Waals surface area contributed by atoms with Gasteiger partial charge >= 0.3 is 0 Å². The molecule has 3 heteroatoms. The third kappa shape index (κ3) is 3.06. The predicted molar refractivity (Wildman–Crippen MR) is 79.2 cm³/mol. The Bertz CT molecular complexity index is 526. The fourth-order valence-corrected chi connectivity index (χ4v) is 2.33. The molecule has 2 aromatic carbocycles. The van der Waals surface area contributed by atoms with Crippen LogP contribution in [-0.2, 0) is 12.0 Å². The topological polar surface area (TPSA) is 46.2 Å². The Morgan fingerprint density at radius 2 is 1.55 bits per heavy atom. The van der Waals surface area contributed by atoms with E-state index in [2.05, 4.69) is 0 Å². The number of aliphatic hydroxyl groups is 1. The smallest absolute Gasteiger partial charge is 0.127 e. The molecule has 2 nitrogen and oxygen atoms in total. The van der Waals surface area contributed by atoms with Crippen LogP contribution in [0, 0.1) is 0 Å². The Morgan fingerprint density at radius 3 is 2.10 bits per heavy atom. The average Bonchev–Trinajstić information content (AvgIpc) is 2.53. The highest BCUT2D eigenvalue weighted by atomic mass is 19.1. The lowest BCUT2D eigenvalue weighted by molar-refractivity contribution is 0.0902. The number of hydrogen-bond donors (Lipinski definition) is 2. The van der Waals surface area contributed by atoms with Crippen molar-refractivity contribution in [2.45, 2.75) is 18.4 Å². The molecular weight excluding hydrogens is 253 g/mol. The molecule has 0 aliphatic heterocycles. The number of halogens is 1. The fourth-order valence-electron chi connectivity index (χ4n) is 2.33. The van der Waals surface area contributed by atoms with Crippen molar-refractivity contribution in [2.24, 2.45) is 5.73 Å². The third-order valence-corrected chi connectivity index (χ3v) is 3.58. The summed E-state index contributed by atoms with van der Waals surface area (Å²) >= 11 is 0. The van der Waals surface area contributed by atoms with Crippen molar-refractivity contribution in [1.82, 2.24) is 0 Å². The second-order valence-corrected chi connectivity index (χ2v) is 4.92. The van der Waals surface area contributed by atoms with Gasteiger partial charge < -0.3 is 10.8 Å². The van der Waals surface area contributed by atoms with Crippen LogP contribution in [0.3, 0.4) is 0 Å². The first-order valence-electron chi connectivity index (χ1n) is 6.84. The molecule has 106 valence electrons. The minimum Gasteiger partial charge on any atom is -0.379 e. The molecule has 1 unspecified atom stereocenters. The van der Waals surface area contributed by atoms with Crippen LogP contribution in [0.5, 0.6) is 0 Å². The van der Waals surface area contributed by atoms with E-state index in [4.69, 9.17) is 5.73 Å². The molecule has 2 rings (SSSR count). The van der Waals surface area contributed by atoms with Crippen LogP contribution in [0.1, 0.15) is 23.1 Å². The Kier molecular flexibility index (Phi) is 4.88. The minimum absolute atomic E-state index is 0.112. The molecule has 0 amide bonds. The van der Waals surface area contributed by atoms with Gasteiger partial charge in [0.15, 0.2) is 0 Å². The number of benzene rings is 2. The van der Waals surface area contributed by atoms with Crippen molar-refractivity contribution in [3.63, 3.8) is 0 Å². The highest BCUT2D eigenvalue weighted by molar-refractivity contribution is 5.37. The largest absolute Gasteiger partial charge is 0.379 e. The molecule has 2 aromatic rings. The van der Waals surface area contributed by atoms with Crippen LogP contribution in [0.2, 0.25) is 0 Å². The second-order valence-electron chi connectivity index (χ2n) is 4.92. The molecule has 0 bridgehead atoms. The second kappa shape index (κ2) is 6.64. The van der Waals surface area contributed by atoms with Gasteiger partial charge in [0, 0.05) is 6.54 Å².